The van der Waals surface area contributed by atoms with Gasteiger partial charge in [0.25, 0.3) is 0 Å². The molecule has 1 nitrogen and oxygen atoms in total. The molecule has 2 aromatic carbocycles. The molecule has 3 rings (SSSR count). The molecule has 19 heavy (non-hydrogen) atoms. The van der Waals surface area contributed by atoms with Crippen LogP contribution in [0.25, 0.3) is 0 Å². The number of hydrogen-bond acceptors (Lipinski definition) is 1. The molecule has 2 heteroatoms. The lowest BCUT2D eigenvalue weighted by Gasteiger charge is -2.19. The normalized spacial score (nSPS) is 15.9. The third kappa shape index (κ3) is 2.75. The Labute approximate surface area is 123 Å². The number of hydrogen-bond donors (Lipinski definition) is 1. The number of rotatable bonds is 2. The quantitative estimate of drug-likeness (QED) is 0.874. The number of fused-ring (bicyclic) bond motifs is 1. The molecule has 0 aliphatic heterocycles. The second kappa shape index (κ2) is 5.48. The van der Waals surface area contributed by atoms with Gasteiger partial charge in [-0.1, -0.05) is 46.3 Å². The Morgan fingerprint density at radius 1 is 0.895 bits per heavy atom. The highest BCUT2D eigenvalue weighted by Crippen LogP contribution is 2.27. The van der Waals surface area contributed by atoms with E-state index in [2.05, 4.69) is 46.3 Å². The summed E-state index contributed by atoms with van der Waals surface area (Å²) >= 11 is 3.51. The van der Waals surface area contributed by atoms with E-state index in [-0.39, 0.29) is 6.04 Å². The van der Waals surface area contributed by atoms with E-state index < -0.39 is 0 Å². The molecule has 0 saturated carbocycles. The van der Waals surface area contributed by atoms with Crippen LogP contribution < -0.4 is 5.73 Å². The number of aryl methyl sites for hydroxylation is 2. The van der Waals surface area contributed by atoms with Gasteiger partial charge in [0.15, 0.2) is 0 Å². The first kappa shape index (κ1) is 12.9. The van der Waals surface area contributed by atoms with Crippen LogP contribution in [0.3, 0.4) is 0 Å². The van der Waals surface area contributed by atoms with E-state index in [1.165, 1.54) is 42.4 Å². The van der Waals surface area contributed by atoms with Crippen molar-refractivity contribution in [2.45, 2.75) is 31.7 Å². The average molecular weight is 316 g/mol. The van der Waals surface area contributed by atoms with Crippen LogP contribution in [0.1, 0.15) is 41.1 Å². The van der Waals surface area contributed by atoms with Crippen LogP contribution in [0, 0.1) is 0 Å². The van der Waals surface area contributed by atoms with Crippen LogP contribution in [-0.2, 0) is 12.8 Å². The zero-order valence-electron chi connectivity index (χ0n) is 10.9. The van der Waals surface area contributed by atoms with Gasteiger partial charge < -0.3 is 5.73 Å². The van der Waals surface area contributed by atoms with Crippen LogP contribution >= 0.6 is 15.9 Å². The number of benzene rings is 2. The molecular formula is C17H18BrN. The largest absolute Gasteiger partial charge is 0.320 e. The summed E-state index contributed by atoms with van der Waals surface area (Å²) in [6, 6.07) is 15.0. The predicted octanol–water partition coefficient (Wildman–Crippen LogP) is 4.38. The van der Waals surface area contributed by atoms with Crippen molar-refractivity contribution in [1.29, 1.82) is 0 Å². The maximum Gasteiger partial charge on any atom is 0.0552 e. The van der Waals surface area contributed by atoms with Gasteiger partial charge in [-0.25, -0.2) is 0 Å². The van der Waals surface area contributed by atoms with Crippen molar-refractivity contribution in [2.24, 2.45) is 5.73 Å². The highest BCUT2D eigenvalue weighted by atomic mass is 79.9. The summed E-state index contributed by atoms with van der Waals surface area (Å²) in [6.45, 7) is 0. The molecule has 2 N–H and O–H groups in total. The molecule has 0 bridgehead atoms. The van der Waals surface area contributed by atoms with E-state index in [0.717, 1.165) is 10.0 Å². The van der Waals surface area contributed by atoms with Crippen molar-refractivity contribution >= 4 is 15.9 Å². The fourth-order valence-corrected chi connectivity index (χ4v) is 3.26. The van der Waals surface area contributed by atoms with Crippen LogP contribution in [0.15, 0.2) is 46.9 Å². The number of halogens is 1. The summed E-state index contributed by atoms with van der Waals surface area (Å²) in [5, 5.41) is 0. The van der Waals surface area contributed by atoms with Gasteiger partial charge in [-0.3, -0.25) is 0 Å². The Morgan fingerprint density at radius 3 is 2.42 bits per heavy atom. The van der Waals surface area contributed by atoms with Gasteiger partial charge in [-0.2, -0.15) is 0 Å². The van der Waals surface area contributed by atoms with Gasteiger partial charge in [-0.05, 0) is 60.1 Å². The fraction of sp³-hybridized carbons (Fsp3) is 0.294. The molecule has 1 atom stereocenters. The van der Waals surface area contributed by atoms with Gasteiger partial charge in [0, 0.05) is 4.47 Å². The van der Waals surface area contributed by atoms with E-state index >= 15 is 0 Å². The lowest BCUT2D eigenvalue weighted by molar-refractivity contribution is 0.682. The Balaban J connectivity index is 1.93. The van der Waals surface area contributed by atoms with Crippen LogP contribution in [0.4, 0.5) is 0 Å². The van der Waals surface area contributed by atoms with Gasteiger partial charge in [-0.15, -0.1) is 0 Å². The Hall–Kier alpha value is -1.12. The standard InChI is InChI=1S/C17H18BrN/c18-16-7-3-6-14(11-16)17(19)15-9-8-12-4-1-2-5-13(12)10-15/h3,6-11,17H,1-2,4-5,19H2. The second-order valence-electron chi connectivity index (χ2n) is 5.27. The Bertz CT molecular complexity index is 592. The van der Waals surface area contributed by atoms with Crippen LogP contribution in [0.5, 0.6) is 0 Å². The smallest absolute Gasteiger partial charge is 0.0552 e. The predicted molar refractivity (Wildman–Crippen MR) is 83.3 cm³/mol. The molecule has 98 valence electrons. The zero-order chi connectivity index (χ0) is 13.2. The topological polar surface area (TPSA) is 26.0 Å². The molecule has 0 spiro atoms. The minimum atomic E-state index is -0.0373. The number of nitrogens with two attached hydrogens (primary N) is 1. The summed E-state index contributed by atoms with van der Waals surface area (Å²) in [4.78, 5) is 0. The molecule has 0 aromatic heterocycles. The summed E-state index contributed by atoms with van der Waals surface area (Å²) in [6.07, 6.45) is 5.06. The summed E-state index contributed by atoms with van der Waals surface area (Å²) in [5.41, 5.74) is 11.8. The molecule has 0 heterocycles. The molecule has 1 unspecified atom stereocenters. The van der Waals surface area contributed by atoms with Gasteiger partial charge in [0.2, 0.25) is 0 Å². The van der Waals surface area contributed by atoms with Gasteiger partial charge in [0.05, 0.1) is 6.04 Å². The average Bonchev–Trinajstić information content (AvgIpc) is 2.46. The van der Waals surface area contributed by atoms with Crippen molar-refractivity contribution in [1.82, 2.24) is 0 Å². The highest BCUT2D eigenvalue weighted by molar-refractivity contribution is 9.10. The van der Waals surface area contributed by atoms with Crippen LogP contribution in [0.2, 0.25) is 0 Å². The van der Waals surface area contributed by atoms with E-state index in [1.807, 2.05) is 12.1 Å². The molecular weight excluding hydrogens is 298 g/mol. The minimum Gasteiger partial charge on any atom is -0.320 e. The molecule has 2 aromatic rings. The van der Waals surface area contributed by atoms with Crippen molar-refractivity contribution < 1.29 is 0 Å². The van der Waals surface area contributed by atoms with E-state index in [4.69, 9.17) is 5.73 Å². The molecule has 0 amide bonds. The zero-order valence-corrected chi connectivity index (χ0v) is 12.5. The first-order chi connectivity index (χ1) is 9.24. The monoisotopic (exact) mass is 315 g/mol. The fourth-order valence-electron chi connectivity index (χ4n) is 2.84. The highest BCUT2D eigenvalue weighted by Gasteiger charge is 2.14. The van der Waals surface area contributed by atoms with E-state index in [1.54, 1.807) is 0 Å². The first-order valence-corrected chi connectivity index (χ1v) is 7.66. The third-order valence-electron chi connectivity index (χ3n) is 3.94. The van der Waals surface area contributed by atoms with E-state index in [0.29, 0.717) is 0 Å². The second-order valence-corrected chi connectivity index (χ2v) is 6.18. The molecule has 0 radical (unpaired) electrons. The Kier molecular flexibility index (Phi) is 3.72. The molecule has 0 fully saturated rings. The Morgan fingerprint density at radius 2 is 1.63 bits per heavy atom. The van der Waals surface area contributed by atoms with Crippen molar-refractivity contribution in [3.05, 3.63) is 69.2 Å². The molecule has 1 aliphatic rings. The SMILES string of the molecule is NC(c1cccc(Br)c1)c1ccc2c(c1)CCCC2. The summed E-state index contributed by atoms with van der Waals surface area (Å²) in [5.74, 6) is 0. The lowest BCUT2D eigenvalue weighted by atomic mass is 9.88. The van der Waals surface area contributed by atoms with E-state index in [9.17, 15) is 0 Å². The van der Waals surface area contributed by atoms with Crippen molar-refractivity contribution in [3.8, 4) is 0 Å². The summed E-state index contributed by atoms with van der Waals surface area (Å²) < 4.78 is 1.08. The molecule has 0 saturated heterocycles. The van der Waals surface area contributed by atoms with Crippen molar-refractivity contribution in [2.75, 3.05) is 0 Å². The van der Waals surface area contributed by atoms with Gasteiger partial charge in [0.1, 0.15) is 0 Å². The maximum atomic E-state index is 6.40. The molecule has 1 aliphatic carbocycles. The van der Waals surface area contributed by atoms with Crippen LogP contribution in [-0.4, -0.2) is 0 Å². The summed E-state index contributed by atoms with van der Waals surface area (Å²) in [7, 11) is 0. The minimum absolute atomic E-state index is 0.0373. The maximum absolute atomic E-state index is 6.40. The lowest BCUT2D eigenvalue weighted by Crippen LogP contribution is -2.13. The van der Waals surface area contributed by atoms with Gasteiger partial charge >= 0.3 is 0 Å². The third-order valence-corrected chi connectivity index (χ3v) is 4.43. The van der Waals surface area contributed by atoms with Crippen molar-refractivity contribution in [3.63, 3.8) is 0 Å². The first-order valence-electron chi connectivity index (χ1n) is 6.87.